The summed E-state index contributed by atoms with van der Waals surface area (Å²) in [6.07, 6.45) is 5.68. The molecule has 0 spiro atoms. The van der Waals surface area contributed by atoms with Crippen LogP contribution in [0.5, 0.6) is 5.75 Å². The van der Waals surface area contributed by atoms with Gasteiger partial charge in [-0.2, -0.15) is 15.0 Å². The first kappa shape index (κ1) is 63.1. The van der Waals surface area contributed by atoms with E-state index in [1.807, 2.05) is 53.7 Å². The Labute approximate surface area is 434 Å². The highest BCUT2D eigenvalue weighted by molar-refractivity contribution is 7.51. The number of benzene rings is 2. The van der Waals surface area contributed by atoms with Gasteiger partial charge in [0, 0.05) is 36.9 Å². The number of ether oxygens (including phenoxy) is 3. The van der Waals surface area contributed by atoms with Gasteiger partial charge in [-0.1, -0.05) is 56.5 Å². The van der Waals surface area contributed by atoms with Crippen LogP contribution in [0.4, 0.5) is 27.7 Å². The number of alkyl halides is 1. The number of aliphatic carboxylic acids is 1. The quantitative estimate of drug-likeness (QED) is 0.0182. The SMILES string of the molecule is CCCCCOC(=O)COc1cc(N2C(=O)C3=C(CCCC3)C2=O)c(F)cc1Cl.CCNc1nc(Cl)nc(NC(C)C)n1.CCc1cccc(C)c1N(C(=O)CCl)C(C)COC.O=C(O)CNCP(=O)(O)O. The van der Waals surface area contributed by atoms with E-state index in [-0.39, 0.29) is 45.6 Å². The average Bonchev–Trinajstić information content (AvgIpc) is 3.56. The van der Waals surface area contributed by atoms with Gasteiger partial charge in [0.2, 0.25) is 23.1 Å². The predicted octanol–water partition coefficient (Wildman–Crippen LogP) is 8.07. The molecule has 1 atom stereocenters. The normalized spacial score (nSPS) is 13.4. The molecule has 6 N–H and O–H groups in total. The van der Waals surface area contributed by atoms with Crippen LogP contribution in [0.1, 0.15) is 97.6 Å². The molecule has 0 bridgehead atoms. The molecule has 1 aliphatic heterocycles. The Balaban J connectivity index is 0.000000357. The van der Waals surface area contributed by atoms with Gasteiger partial charge in [-0.05, 0) is 102 Å². The number of nitrogens with zero attached hydrogens (tertiary/aromatic N) is 5. The van der Waals surface area contributed by atoms with E-state index in [1.165, 1.54) is 6.07 Å². The van der Waals surface area contributed by atoms with Gasteiger partial charge in [-0.25, -0.2) is 14.1 Å². The van der Waals surface area contributed by atoms with Crippen molar-refractivity contribution < 1.29 is 62.0 Å². The number of carboxylic acids is 1. The summed E-state index contributed by atoms with van der Waals surface area (Å²) < 4.78 is 40.2. The van der Waals surface area contributed by atoms with Gasteiger partial charge in [-0.15, -0.1) is 11.6 Å². The second-order valence-electron chi connectivity index (χ2n) is 16.4. The van der Waals surface area contributed by atoms with Gasteiger partial charge in [0.25, 0.3) is 11.8 Å². The van der Waals surface area contributed by atoms with Crippen molar-refractivity contribution in [2.75, 3.05) is 72.6 Å². The van der Waals surface area contributed by atoms with Crippen LogP contribution in [-0.2, 0) is 44.4 Å². The van der Waals surface area contributed by atoms with Gasteiger partial charge in [-0.3, -0.25) is 29.1 Å². The van der Waals surface area contributed by atoms with Crippen LogP contribution in [0.2, 0.25) is 10.3 Å². The summed E-state index contributed by atoms with van der Waals surface area (Å²) in [5, 5.41) is 16.2. The molecule has 400 valence electrons. The number of hydrogen-bond donors (Lipinski definition) is 6. The molecule has 2 aromatic carbocycles. The summed E-state index contributed by atoms with van der Waals surface area (Å²) in [7, 11) is -2.46. The summed E-state index contributed by atoms with van der Waals surface area (Å²) in [4.78, 5) is 90.1. The summed E-state index contributed by atoms with van der Waals surface area (Å²) in [5.74, 6) is -2.67. The second kappa shape index (κ2) is 32.2. The first-order valence-electron chi connectivity index (χ1n) is 23.3. The number of carbonyl (C=O) groups is 5. The Morgan fingerprint density at radius 2 is 1.61 bits per heavy atom. The average molecular weight is 1090 g/mol. The number of unbranched alkanes of at least 4 members (excludes halogenated alkanes) is 2. The first-order valence-corrected chi connectivity index (χ1v) is 26.3. The number of halogens is 4. The number of amides is 3. The lowest BCUT2D eigenvalue weighted by atomic mass is 9.93. The molecular weight excluding hydrogens is 1020 g/mol. The van der Waals surface area contributed by atoms with Gasteiger partial charge >= 0.3 is 19.5 Å². The summed E-state index contributed by atoms with van der Waals surface area (Å²) in [6.45, 7) is 14.8. The van der Waals surface area contributed by atoms with Crippen molar-refractivity contribution in [3.05, 3.63) is 68.7 Å². The number of para-hydroxylation sites is 1. The Bertz CT molecular complexity index is 2350. The van der Waals surface area contributed by atoms with Crippen molar-refractivity contribution in [3.63, 3.8) is 0 Å². The second-order valence-corrected chi connectivity index (χ2v) is 19.1. The van der Waals surface area contributed by atoms with Crippen LogP contribution < -0.4 is 30.5 Å². The molecule has 3 amide bonds. The van der Waals surface area contributed by atoms with Crippen molar-refractivity contribution in [2.45, 2.75) is 112 Å². The third-order valence-electron chi connectivity index (χ3n) is 10.1. The Kier molecular flexibility index (Phi) is 28.3. The number of aryl methyl sites for hydroxylation is 2. The first-order chi connectivity index (χ1) is 34.0. The highest BCUT2D eigenvalue weighted by atomic mass is 35.5. The topological polar surface area (TPSA) is 272 Å². The van der Waals surface area contributed by atoms with E-state index < -0.39 is 56.6 Å². The number of carbonyl (C=O) groups excluding carboxylic acids is 4. The minimum Gasteiger partial charge on any atom is -0.480 e. The van der Waals surface area contributed by atoms with Crippen LogP contribution in [-0.4, -0.2) is 124 Å². The van der Waals surface area contributed by atoms with Gasteiger partial charge in [0.15, 0.2) is 6.61 Å². The molecular formula is C47H67Cl3FN8O12P. The highest BCUT2D eigenvalue weighted by Crippen LogP contribution is 2.40. The number of esters is 1. The molecule has 0 saturated heterocycles. The van der Waals surface area contributed by atoms with E-state index in [0.29, 0.717) is 49.1 Å². The molecule has 20 nitrogen and oxygen atoms in total. The Hall–Kier alpha value is -4.99. The van der Waals surface area contributed by atoms with Crippen molar-refractivity contribution in [1.29, 1.82) is 0 Å². The number of anilines is 4. The van der Waals surface area contributed by atoms with E-state index in [4.69, 9.17) is 63.9 Å². The zero-order chi connectivity index (χ0) is 54.1. The molecule has 1 unspecified atom stereocenters. The Morgan fingerprint density at radius 3 is 2.15 bits per heavy atom. The van der Waals surface area contributed by atoms with Gasteiger partial charge in [0.05, 0.1) is 48.5 Å². The molecule has 1 aliphatic carbocycles. The van der Waals surface area contributed by atoms with Gasteiger partial charge in [0.1, 0.15) is 17.4 Å². The largest absolute Gasteiger partial charge is 0.480 e. The molecule has 25 heteroatoms. The van der Waals surface area contributed by atoms with Crippen molar-refractivity contribution in [2.24, 2.45) is 0 Å². The summed E-state index contributed by atoms with van der Waals surface area (Å²) in [5.41, 5.74) is 3.88. The van der Waals surface area contributed by atoms with Crippen molar-refractivity contribution >= 4 is 95.3 Å². The molecule has 2 heterocycles. The number of nitrogens with one attached hydrogen (secondary N) is 3. The van der Waals surface area contributed by atoms with E-state index in [0.717, 1.165) is 72.9 Å². The van der Waals surface area contributed by atoms with E-state index in [9.17, 15) is 32.9 Å². The maximum Gasteiger partial charge on any atom is 0.344 e. The number of imide groups is 1. The molecule has 72 heavy (non-hydrogen) atoms. The van der Waals surface area contributed by atoms with Crippen LogP contribution in [0.15, 0.2) is 41.5 Å². The molecule has 0 fully saturated rings. The van der Waals surface area contributed by atoms with E-state index in [1.54, 1.807) is 12.0 Å². The predicted molar refractivity (Wildman–Crippen MR) is 276 cm³/mol. The molecule has 2 aliphatic rings. The third-order valence-corrected chi connectivity index (χ3v) is 11.4. The van der Waals surface area contributed by atoms with Crippen molar-refractivity contribution in [3.8, 4) is 5.75 Å². The lowest BCUT2D eigenvalue weighted by Crippen LogP contribution is -2.43. The number of aromatic nitrogens is 3. The molecule has 3 aromatic rings. The smallest absolute Gasteiger partial charge is 0.344 e. The van der Waals surface area contributed by atoms with E-state index >= 15 is 0 Å². The highest BCUT2D eigenvalue weighted by Gasteiger charge is 2.41. The van der Waals surface area contributed by atoms with Crippen LogP contribution in [0, 0.1) is 12.7 Å². The number of carboxylic acid groups (broad SMARTS) is 1. The minimum atomic E-state index is -4.10. The fourth-order valence-electron chi connectivity index (χ4n) is 7.01. The lowest BCUT2D eigenvalue weighted by Gasteiger charge is -2.31. The summed E-state index contributed by atoms with van der Waals surface area (Å²) >= 11 is 17.5. The monoisotopic (exact) mass is 1090 g/mol. The number of hydrogen-bond acceptors (Lipinski definition) is 15. The Morgan fingerprint density at radius 1 is 0.972 bits per heavy atom. The third kappa shape index (κ3) is 21.2. The molecule has 0 saturated carbocycles. The van der Waals surface area contributed by atoms with Crippen LogP contribution >= 0.6 is 42.4 Å². The summed E-state index contributed by atoms with van der Waals surface area (Å²) in [6, 6.07) is 8.46. The standard InChI is InChI=1S/C21H23ClFNO5.C15H22ClNO2.C8H14ClN5.C3H8NO5P/c1-2-3-6-9-28-19(25)12-29-18-11-17(16(23)10-15(18)22)24-20(26)13-7-4-5-8-14(13)21(24)27;1-5-13-8-6-7-11(2)15(13)17(14(18)9-16)12(3)10-19-4;1-4-10-7-12-6(9)13-8(14-7)11-5(2)3;5-3(6)1-4-2-10(7,8)9/h10-11H,2-9,12H2,1H3;6-8,12H,5,9-10H2,1-4H3;5H,4H2,1-3H3,(H2,10,11,12,13,14);4H,1-2H2,(H,5,6)(H2,7,8,9). The zero-order valence-corrected chi connectivity index (χ0v) is 45.0. The van der Waals surface area contributed by atoms with Crippen molar-refractivity contribution in [1.82, 2.24) is 20.3 Å². The molecule has 1 aromatic heterocycles. The van der Waals surface area contributed by atoms with E-state index in [2.05, 4.69) is 43.9 Å². The van der Waals surface area contributed by atoms with Gasteiger partial charge < -0.3 is 44.6 Å². The number of rotatable bonds is 22. The van der Waals surface area contributed by atoms with Crippen LogP contribution in [0.3, 0.4) is 0 Å². The van der Waals surface area contributed by atoms with Crippen LogP contribution in [0.25, 0.3) is 0 Å². The fraction of sp³-hybridized carbons (Fsp3) is 0.532. The minimum absolute atomic E-state index is 0.000883. The maximum absolute atomic E-state index is 14.5. The fourth-order valence-corrected chi connectivity index (χ4v) is 7.91. The maximum atomic E-state index is 14.5. The zero-order valence-electron chi connectivity index (χ0n) is 41.9. The molecule has 5 rings (SSSR count). The number of methoxy groups -OCH3 is 1. The molecule has 0 radical (unpaired) electrons. The lowest BCUT2D eigenvalue weighted by molar-refractivity contribution is -0.146.